The van der Waals surface area contributed by atoms with Gasteiger partial charge in [0.1, 0.15) is 0 Å². The van der Waals surface area contributed by atoms with Crippen LogP contribution in [0.5, 0.6) is 0 Å². The molecule has 148 valence electrons. The maximum Gasteiger partial charge on any atom is 0.239 e. The van der Waals surface area contributed by atoms with Crippen molar-refractivity contribution in [2.75, 3.05) is 12.3 Å². The minimum atomic E-state index is -0.175. The van der Waals surface area contributed by atoms with Gasteiger partial charge in [-0.05, 0) is 58.9 Å². The summed E-state index contributed by atoms with van der Waals surface area (Å²) in [4.78, 5) is 24.8. The predicted octanol–water partition coefficient (Wildman–Crippen LogP) is 3.27. The van der Waals surface area contributed by atoms with E-state index in [4.69, 9.17) is 5.73 Å². The van der Waals surface area contributed by atoms with Crippen molar-refractivity contribution in [3.05, 3.63) is 77.4 Å². The zero-order valence-corrected chi connectivity index (χ0v) is 16.3. The van der Waals surface area contributed by atoms with Crippen molar-refractivity contribution in [2.24, 2.45) is 0 Å². The number of fused-ring (bicyclic) bond motifs is 2. The number of rotatable bonds is 5. The SMILES string of the molecule is Nc1ccc2c(c1)CCCC2NC(=O)CNC(=O)Cc1cccc2ccccc12. The van der Waals surface area contributed by atoms with E-state index in [1.54, 1.807) is 0 Å². The molecule has 5 heteroatoms. The number of hydrogen-bond donors (Lipinski definition) is 3. The summed E-state index contributed by atoms with van der Waals surface area (Å²) in [6.45, 7) is -0.0234. The largest absolute Gasteiger partial charge is 0.399 e. The summed E-state index contributed by atoms with van der Waals surface area (Å²) in [5.41, 5.74) is 9.90. The third-order valence-electron chi connectivity index (χ3n) is 5.49. The van der Waals surface area contributed by atoms with Gasteiger partial charge in [0.05, 0.1) is 19.0 Å². The van der Waals surface area contributed by atoms with Crippen molar-refractivity contribution in [1.82, 2.24) is 10.6 Å². The highest BCUT2D eigenvalue weighted by molar-refractivity contribution is 5.91. The first-order valence-electron chi connectivity index (χ1n) is 10.0. The molecule has 4 rings (SSSR count). The second-order valence-electron chi connectivity index (χ2n) is 7.56. The first-order valence-corrected chi connectivity index (χ1v) is 10.0. The van der Waals surface area contributed by atoms with Gasteiger partial charge in [0, 0.05) is 5.69 Å². The summed E-state index contributed by atoms with van der Waals surface area (Å²) in [7, 11) is 0. The molecule has 1 unspecified atom stereocenters. The summed E-state index contributed by atoms with van der Waals surface area (Å²) >= 11 is 0. The Labute approximate surface area is 170 Å². The number of nitrogens with one attached hydrogen (secondary N) is 2. The molecule has 0 saturated carbocycles. The monoisotopic (exact) mass is 387 g/mol. The number of aryl methyl sites for hydroxylation is 1. The summed E-state index contributed by atoms with van der Waals surface area (Å²) < 4.78 is 0. The topological polar surface area (TPSA) is 84.2 Å². The van der Waals surface area contributed by atoms with E-state index in [0.717, 1.165) is 46.8 Å². The van der Waals surface area contributed by atoms with Crippen LogP contribution < -0.4 is 16.4 Å². The fourth-order valence-corrected chi connectivity index (χ4v) is 4.09. The van der Waals surface area contributed by atoms with E-state index in [1.165, 1.54) is 5.56 Å². The molecule has 0 heterocycles. The molecule has 1 aliphatic rings. The smallest absolute Gasteiger partial charge is 0.239 e. The van der Waals surface area contributed by atoms with Gasteiger partial charge in [-0.3, -0.25) is 9.59 Å². The molecule has 0 aliphatic heterocycles. The van der Waals surface area contributed by atoms with E-state index in [0.29, 0.717) is 0 Å². The Morgan fingerprint density at radius 1 is 1.00 bits per heavy atom. The van der Waals surface area contributed by atoms with Gasteiger partial charge in [0.15, 0.2) is 0 Å². The molecule has 3 aromatic rings. The summed E-state index contributed by atoms with van der Waals surface area (Å²) in [5, 5.41) is 7.96. The number of amides is 2. The van der Waals surface area contributed by atoms with Gasteiger partial charge in [-0.15, -0.1) is 0 Å². The van der Waals surface area contributed by atoms with Crippen molar-refractivity contribution >= 4 is 28.3 Å². The Bertz CT molecular complexity index is 1060. The Balaban J connectivity index is 1.34. The molecule has 1 atom stereocenters. The van der Waals surface area contributed by atoms with Crippen LogP contribution in [-0.4, -0.2) is 18.4 Å². The number of carbonyl (C=O) groups excluding carboxylic acids is 2. The van der Waals surface area contributed by atoms with Crippen LogP contribution in [0.4, 0.5) is 5.69 Å². The molecule has 29 heavy (non-hydrogen) atoms. The van der Waals surface area contributed by atoms with Crippen molar-refractivity contribution < 1.29 is 9.59 Å². The first-order chi connectivity index (χ1) is 14.1. The number of hydrogen-bond acceptors (Lipinski definition) is 3. The molecule has 3 aromatic carbocycles. The van der Waals surface area contributed by atoms with Gasteiger partial charge < -0.3 is 16.4 Å². The van der Waals surface area contributed by atoms with Crippen LogP contribution in [-0.2, 0) is 22.4 Å². The lowest BCUT2D eigenvalue weighted by atomic mass is 9.87. The minimum Gasteiger partial charge on any atom is -0.399 e. The van der Waals surface area contributed by atoms with E-state index >= 15 is 0 Å². The van der Waals surface area contributed by atoms with Gasteiger partial charge in [-0.1, -0.05) is 48.5 Å². The molecule has 2 amide bonds. The molecular formula is C24H25N3O2. The van der Waals surface area contributed by atoms with Gasteiger partial charge in [-0.25, -0.2) is 0 Å². The maximum atomic E-state index is 12.4. The molecule has 4 N–H and O–H groups in total. The zero-order chi connectivity index (χ0) is 20.2. The van der Waals surface area contributed by atoms with Crippen LogP contribution in [0.15, 0.2) is 60.7 Å². The van der Waals surface area contributed by atoms with E-state index in [2.05, 4.69) is 10.6 Å². The molecule has 0 spiro atoms. The van der Waals surface area contributed by atoms with E-state index in [-0.39, 0.29) is 30.8 Å². The molecule has 0 fully saturated rings. The summed E-state index contributed by atoms with van der Waals surface area (Å²) in [6.07, 6.45) is 3.14. The Morgan fingerprint density at radius 2 is 1.83 bits per heavy atom. The van der Waals surface area contributed by atoms with E-state index in [1.807, 2.05) is 60.7 Å². The molecule has 5 nitrogen and oxygen atoms in total. The lowest BCUT2D eigenvalue weighted by Crippen LogP contribution is -2.40. The van der Waals surface area contributed by atoms with Crippen LogP contribution in [0.1, 0.15) is 35.6 Å². The molecule has 0 aromatic heterocycles. The molecule has 0 saturated heterocycles. The number of benzene rings is 3. The molecule has 1 aliphatic carbocycles. The van der Waals surface area contributed by atoms with E-state index < -0.39 is 0 Å². The highest BCUT2D eigenvalue weighted by atomic mass is 16.2. The fraction of sp³-hybridized carbons (Fsp3) is 0.250. The van der Waals surface area contributed by atoms with E-state index in [9.17, 15) is 9.59 Å². The normalized spacial score (nSPS) is 15.5. The third kappa shape index (κ3) is 4.40. The zero-order valence-electron chi connectivity index (χ0n) is 16.3. The molecule has 0 bridgehead atoms. The van der Waals surface area contributed by atoms with Crippen LogP contribution >= 0.6 is 0 Å². The molecular weight excluding hydrogens is 362 g/mol. The van der Waals surface area contributed by atoms with Crippen molar-refractivity contribution in [1.29, 1.82) is 0 Å². The number of nitrogens with two attached hydrogens (primary N) is 1. The number of carbonyl (C=O) groups is 2. The van der Waals surface area contributed by atoms with Crippen LogP contribution in [0, 0.1) is 0 Å². The number of nitrogen functional groups attached to an aromatic ring is 1. The summed E-state index contributed by atoms with van der Waals surface area (Å²) in [6, 6.07) is 19.7. The van der Waals surface area contributed by atoms with Crippen LogP contribution in [0.25, 0.3) is 10.8 Å². The van der Waals surface area contributed by atoms with Crippen molar-refractivity contribution in [3.8, 4) is 0 Å². The lowest BCUT2D eigenvalue weighted by Gasteiger charge is -2.26. The highest BCUT2D eigenvalue weighted by Crippen LogP contribution is 2.30. The highest BCUT2D eigenvalue weighted by Gasteiger charge is 2.22. The Hall–Kier alpha value is -3.34. The first kappa shape index (κ1) is 19.0. The van der Waals surface area contributed by atoms with Crippen LogP contribution in [0.3, 0.4) is 0 Å². The van der Waals surface area contributed by atoms with Crippen molar-refractivity contribution in [3.63, 3.8) is 0 Å². The standard InChI is InChI=1S/C24H25N3O2/c25-19-11-12-21-17(13-19)8-4-10-22(21)27-24(29)15-26-23(28)14-18-7-3-6-16-5-1-2-9-20(16)18/h1-3,5-7,9,11-13,22H,4,8,10,14-15,25H2,(H,26,28)(H,27,29). The van der Waals surface area contributed by atoms with Gasteiger partial charge in [-0.2, -0.15) is 0 Å². The lowest BCUT2D eigenvalue weighted by molar-refractivity contribution is -0.126. The third-order valence-corrected chi connectivity index (χ3v) is 5.49. The average Bonchev–Trinajstić information content (AvgIpc) is 2.72. The Kier molecular flexibility index (Phi) is 5.47. The molecule has 0 radical (unpaired) electrons. The van der Waals surface area contributed by atoms with Crippen LogP contribution in [0.2, 0.25) is 0 Å². The summed E-state index contributed by atoms with van der Waals surface area (Å²) in [5.74, 6) is -0.334. The second-order valence-corrected chi connectivity index (χ2v) is 7.56. The van der Waals surface area contributed by atoms with Gasteiger partial charge in [0.2, 0.25) is 11.8 Å². The average molecular weight is 387 g/mol. The van der Waals surface area contributed by atoms with Gasteiger partial charge in [0.25, 0.3) is 0 Å². The fourth-order valence-electron chi connectivity index (χ4n) is 4.09. The minimum absolute atomic E-state index is 0.0234. The predicted molar refractivity (Wildman–Crippen MR) is 115 cm³/mol. The second kappa shape index (κ2) is 8.35. The van der Waals surface area contributed by atoms with Gasteiger partial charge >= 0.3 is 0 Å². The Morgan fingerprint density at radius 3 is 2.72 bits per heavy atom. The quantitative estimate of drug-likeness (QED) is 0.588. The van der Waals surface area contributed by atoms with Crippen molar-refractivity contribution in [2.45, 2.75) is 31.7 Å². The maximum absolute atomic E-state index is 12.4. The number of anilines is 1.